The van der Waals surface area contributed by atoms with E-state index in [0.29, 0.717) is 30.4 Å². The molecule has 6 nitrogen and oxygen atoms in total. The van der Waals surface area contributed by atoms with E-state index in [4.69, 9.17) is 16.3 Å². The molecule has 1 amide bonds. The molecule has 1 saturated heterocycles. The molecule has 2 aromatic carbocycles. The molecule has 0 radical (unpaired) electrons. The summed E-state index contributed by atoms with van der Waals surface area (Å²) < 4.78 is 9.63. The molecule has 2 heterocycles. The van der Waals surface area contributed by atoms with Crippen LogP contribution in [-0.2, 0) is 11.2 Å². The fourth-order valence-corrected chi connectivity index (χ4v) is 4.10. The van der Waals surface area contributed by atoms with Crippen LogP contribution in [0.3, 0.4) is 0 Å². The Bertz CT molecular complexity index is 967. The monoisotopic (exact) mass is 428 g/mol. The highest BCUT2D eigenvalue weighted by atomic mass is 35.5. The van der Waals surface area contributed by atoms with E-state index < -0.39 is 0 Å². The first-order chi connectivity index (χ1) is 14.1. The Labute approximate surface area is 178 Å². The molecule has 0 bridgehead atoms. The Morgan fingerprint density at radius 2 is 1.76 bits per heavy atom. The van der Waals surface area contributed by atoms with Crippen LogP contribution in [0.5, 0.6) is 5.75 Å². The first-order valence-electron chi connectivity index (χ1n) is 9.37. The lowest BCUT2D eigenvalue weighted by Crippen LogP contribution is -2.49. The quantitative estimate of drug-likeness (QED) is 0.619. The predicted octanol–water partition coefficient (Wildman–Crippen LogP) is 3.76. The minimum Gasteiger partial charge on any atom is -0.497 e. The minimum atomic E-state index is 0.147. The van der Waals surface area contributed by atoms with Crippen molar-refractivity contribution in [3.05, 3.63) is 59.1 Å². The number of hydrogen-bond acceptors (Lipinski definition) is 6. The van der Waals surface area contributed by atoms with Crippen LogP contribution < -0.4 is 9.64 Å². The number of methoxy groups -OCH3 is 1. The summed E-state index contributed by atoms with van der Waals surface area (Å²) in [6.07, 6.45) is 0.406. The van der Waals surface area contributed by atoms with Crippen molar-refractivity contribution in [3.63, 3.8) is 0 Å². The summed E-state index contributed by atoms with van der Waals surface area (Å²) in [7, 11) is 1.63. The SMILES string of the molecule is COc1ccc(CC(=O)N2CCN(c3nc(-c4ccc(Cl)cc4)ns3)CC2)cc1. The number of halogens is 1. The molecule has 4 rings (SSSR count). The van der Waals surface area contributed by atoms with Crippen molar-refractivity contribution < 1.29 is 9.53 Å². The molecule has 150 valence electrons. The second-order valence-corrected chi connectivity index (χ2v) is 7.97. The molecule has 1 aromatic heterocycles. The fraction of sp³-hybridized carbons (Fsp3) is 0.286. The zero-order valence-corrected chi connectivity index (χ0v) is 17.6. The number of amides is 1. The van der Waals surface area contributed by atoms with Crippen LogP contribution >= 0.6 is 23.1 Å². The van der Waals surface area contributed by atoms with Crippen molar-refractivity contribution in [2.45, 2.75) is 6.42 Å². The summed E-state index contributed by atoms with van der Waals surface area (Å²) in [4.78, 5) is 21.4. The first-order valence-corrected chi connectivity index (χ1v) is 10.5. The topological polar surface area (TPSA) is 58.6 Å². The molecule has 0 unspecified atom stereocenters. The van der Waals surface area contributed by atoms with Gasteiger partial charge in [-0.3, -0.25) is 4.79 Å². The molecule has 0 spiro atoms. The third-order valence-electron chi connectivity index (χ3n) is 4.94. The molecule has 1 fully saturated rings. The van der Waals surface area contributed by atoms with Gasteiger partial charge in [0, 0.05) is 48.3 Å². The molecule has 0 N–H and O–H groups in total. The van der Waals surface area contributed by atoms with Gasteiger partial charge in [-0.2, -0.15) is 9.36 Å². The Morgan fingerprint density at radius 3 is 2.41 bits per heavy atom. The standard InChI is InChI=1S/C21H21ClN4O2S/c1-28-18-8-2-15(3-9-18)14-19(27)25-10-12-26(13-11-25)21-23-20(24-29-21)16-4-6-17(22)7-5-16/h2-9H,10-14H2,1H3. The predicted molar refractivity (Wildman–Crippen MR) is 116 cm³/mol. The van der Waals surface area contributed by atoms with Gasteiger partial charge in [0.05, 0.1) is 13.5 Å². The van der Waals surface area contributed by atoms with Crippen LogP contribution in [-0.4, -0.2) is 53.5 Å². The van der Waals surface area contributed by atoms with Gasteiger partial charge in [-0.1, -0.05) is 23.7 Å². The van der Waals surface area contributed by atoms with Crippen LogP contribution in [0.15, 0.2) is 48.5 Å². The van der Waals surface area contributed by atoms with E-state index in [9.17, 15) is 4.79 Å². The van der Waals surface area contributed by atoms with Gasteiger partial charge in [0.15, 0.2) is 5.82 Å². The molecule has 0 aliphatic carbocycles. The van der Waals surface area contributed by atoms with Gasteiger partial charge in [0.25, 0.3) is 0 Å². The van der Waals surface area contributed by atoms with Gasteiger partial charge in [-0.15, -0.1) is 0 Å². The maximum atomic E-state index is 12.6. The van der Waals surface area contributed by atoms with Crippen LogP contribution in [0, 0.1) is 0 Å². The Kier molecular flexibility index (Phi) is 5.97. The number of piperazine rings is 1. The molecular formula is C21H21ClN4O2S. The average molecular weight is 429 g/mol. The third-order valence-corrected chi connectivity index (χ3v) is 5.96. The van der Waals surface area contributed by atoms with Gasteiger partial charge < -0.3 is 14.5 Å². The number of aromatic nitrogens is 2. The third kappa shape index (κ3) is 4.68. The molecular weight excluding hydrogens is 408 g/mol. The summed E-state index contributed by atoms with van der Waals surface area (Å²) in [6, 6.07) is 15.2. The van der Waals surface area contributed by atoms with E-state index in [0.717, 1.165) is 35.1 Å². The molecule has 3 aromatic rings. The number of carbonyl (C=O) groups excluding carboxylic acids is 1. The van der Waals surface area contributed by atoms with Gasteiger partial charge in [-0.25, -0.2) is 0 Å². The number of benzene rings is 2. The van der Waals surface area contributed by atoms with Crippen molar-refractivity contribution in [2.24, 2.45) is 0 Å². The molecule has 0 saturated carbocycles. The van der Waals surface area contributed by atoms with Crippen molar-refractivity contribution in [2.75, 3.05) is 38.2 Å². The summed E-state index contributed by atoms with van der Waals surface area (Å²) in [6.45, 7) is 2.88. The molecule has 1 aliphatic rings. The zero-order valence-electron chi connectivity index (χ0n) is 16.0. The van der Waals surface area contributed by atoms with Crippen molar-refractivity contribution >= 4 is 34.2 Å². The van der Waals surface area contributed by atoms with Crippen LogP contribution in [0.4, 0.5) is 5.13 Å². The number of rotatable bonds is 5. The van der Waals surface area contributed by atoms with Crippen LogP contribution in [0.25, 0.3) is 11.4 Å². The van der Waals surface area contributed by atoms with Gasteiger partial charge in [0.2, 0.25) is 11.0 Å². The average Bonchev–Trinajstić information content (AvgIpc) is 3.25. The number of nitrogens with zero attached hydrogens (tertiary/aromatic N) is 4. The largest absolute Gasteiger partial charge is 0.497 e. The van der Waals surface area contributed by atoms with E-state index in [2.05, 4.69) is 14.3 Å². The summed E-state index contributed by atoms with van der Waals surface area (Å²) in [5.74, 6) is 1.65. The van der Waals surface area contributed by atoms with Crippen molar-refractivity contribution in [1.82, 2.24) is 14.3 Å². The second-order valence-electron chi connectivity index (χ2n) is 6.80. The van der Waals surface area contributed by atoms with Crippen LogP contribution in [0.1, 0.15) is 5.56 Å². The smallest absolute Gasteiger partial charge is 0.227 e. The Balaban J connectivity index is 1.33. The molecule has 0 atom stereocenters. The normalized spacial score (nSPS) is 14.1. The Morgan fingerprint density at radius 1 is 1.07 bits per heavy atom. The van der Waals surface area contributed by atoms with Gasteiger partial charge >= 0.3 is 0 Å². The number of anilines is 1. The molecule has 8 heteroatoms. The minimum absolute atomic E-state index is 0.147. The van der Waals surface area contributed by atoms with E-state index in [-0.39, 0.29) is 5.91 Å². The van der Waals surface area contributed by atoms with E-state index in [1.54, 1.807) is 7.11 Å². The van der Waals surface area contributed by atoms with Crippen molar-refractivity contribution in [3.8, 4) is 17.1 Å². The number of ether oxygens (including phenoxy) is 1. The first kappa shape index (κ1) is 19.7. The van der Waals surface area contributed by atoms with Crippen molar-refractivity contribution in [1.29, 1.82) is 0 Å². The highest BCUT2D eigenvalue weighted by molar-refractivity contribution is 7.09. The number of carbonyl (C=O) groups is 1. The maximum absolute atomic E-state index is 12.6. The lowest BCUT2D eigenvalue weighted by atomic mass is 10.1. The maximum Gasteiger partial charge on any atom is 0.227 e. The summed E-state index contributed by atoms with van der Waals surface area (Å²) in [5.41, 5.74) is 1.94. The second kappa shape index (κ2) is 8.80. The van der Waals surface area contributed by atoms with E-state index in [1.807, 2.05) is 53.4 Å². The van der Waals surface area contributed by atoms with Crippen LogP contribution in [0.2, 0.25) is 5.02 Å². The molecule has 1 aliphatic heterocycles. The Hall–Kier alpha value is -2.64. The lowest BCUT2D eigenvalue weighted by molar-refractivity contribution is -0.130. The highest BCUT2D eigenvalue weighted by Gasteiger charge is 2.23. The highest BCUT2D eigenvalue weighted by Crippen LogP contribution is 2.26. The lowest BCUT2D eigenvalue weighted by Gasteiger charge is -2.34. The van der Waals surface area contributed by atoms with Gasteiger partial charge in [0.1, 0.15) is 5.75 Å². The van der Waals surface area contributed by atoms with E-state index >= 15 is 0 Å². The molecule has 29 heavy (non-hydrogen) atoms. The summed E-state index contributed by atoms with van der Waals surface area (Å²) >= 11 is 7.33. The van der Waals surface area contributed by atoms with E-state index in [1.165, 1.54) is 11.5 Å². The number of hydrogen-bond donors (Lipinski definition) is 0. The fourth-order valence-electron chi connectivity index (χ4n) is 3.24. The van der Waals surface area contributed by atoms with Gasteiger partial charge in [-0.05, 0) is 42.0 Å². The zero-order chi connectivity index (χ0) is 20.2. The summed E-state index contributed by atoms with van der Waals surface area (Å²) in [5, 5.41) is 1.58.